The van der Waals surface area contributed by atoms with E-state index in [2.05, 4.69) is 13.8 Å². The molecule has 2 rings (SSSR count). The first kappa shape index (κ1) is 15.6. The van der Waals surface area contributed by atoms with Gasteiger partial charge in [0, 0.05) is 23.7 Å². The Kier molecular flexibility index (Phi) is 4.68. The molecule has 0 saturated carbocycles. The molecule has 2 aromatic rings. The molecule has 21 heavy (non-hydrogen) atoms. The van der Waals surface area contributed by atoms with E-state index in [0.717, 1.165) is 5.56 Å². The minimum absolute atomic E-state index is 0.274. The van der Waals surface area contributed by atoms with Crippen molar-refractivity contribution < 1.29 is 13.2 Å². The molecule has 2 aromatic carbocycles. The Balaban J connectivity index is 2.20. The second-order valence-corrected chi connectivity index (χ2v) is 5.49. The van der Waals surface area contributed by atoms with Crippen LogP contribution >= 0.6 is 0 Å². The molecule has 0 aliphatic rings. The molecule has 4 heteroatoms. The molecule has 0 aliphatic heterocycles. The molecule has 112 valence electrons. The molecule has 0 bridgehead atoms. The Morgan fingerprint density at radius 1 is 0.952 bits per heavy atom. The van der Waals surface area contributed by atoms with Crippen molar-refractivity contribution >= 4 is 0 Å². The zero-order valence-electron chi connectivity index (χ0n) is 12.0. The van der Waals surface area contributed by atoms with Crippen LogP contribution in [0.2, 0.25) is 0 Å². The van der Waals surface area contributed by atoms with Crippen LogP contribution in [0.15, 0.2) is 36.4 Å². The lowest BCUT2D eigenvalue weighted by Gasteiger charge is -2.15. The van der Waals surface area contributed by atoms with Crippen molar-refractivity contribution in [3.05, 3.63) is 70.5 Å². The van der Waals surface area contributed by atoms with Gasteiger partial charge in [-0.1, -0.05) is 38.1 Å². The summed E-state index contributed by atoms with van der Waals surface area (Å²) < 4.78 is 40.2. The number of hydrogen-bond acceptors (Lipinski definition) is 1. The highest BCUT2D eigenvalue weighted by atomic mass is 19.1. The maximum atomic E-state index is 13.7. The molecule has 1 atom stereocenters. The first-order valence-electron chi connectivity index (χ1n) is 6.87. The second kappa shape index (κ2) is 6.31. The van der Waals surface area contributed by atoms with E-state index in [1.54, 1.807) is 0 Å². The van der Waals surface area contributed by atoms with Crippen LogP contribution in [0.5, 0.6) is 0 Å². The third kappa shape index (κ3) is 3.64. The van der Waals surface area contributed by atoms with Gasteiger partial charge in [-0.05, 0) is 23.5 Å². The van der Waals surface area contributed by atoms with Gasteiger partial charge in [-0.25, -0.2) is 13.2 Å². The van der Waals surface area contributed by atoms with Gasteiger partial charge >= 0.3 is 0 Å². The van der Waals surface area contributed by atoms with Gasteiger partial charge in [0.15, 0.2) is 0 Å². The number of halogens is 3. The first-order chi connectivity index (χ1) is 9.88. The van der Waals surface area contributed by atoms with Crippen LogP contribution < -0.4 is 5.73 Å². The van der Waals surface area contributed by atoms with Gasteiger partial charge in [0.05, 0.1) is 0 Å². The molecule has 1 unspecified atom stereocenters. The van der Waals surface area contributed by atoms with Gasteiger partial charge in [-0.2, -0.15) is 0 Å². The van der Waals surface area contributed by atoms with E-state index >= 15 is 0 Å². The van der Waals surface area contributed by atoms with Gasteiger partial charge in [-0.3, -0.25) is 0 Å². The highest BCUT2D eigenvalue weighted by Gasteiger charge is 2.18. The fourth-order valence-electron chi connectivity index (χ4n) is 2.30. The Labute approximate surface area is 122 Å². The summed E-state index contributed by atoms with van der Waals surface area (Å²) in [5, 5.41) is 0. The van der Waals surface area contributed by atoms with E-state index in [-0.39, 0.29) is 12.0 Å². The molecule has 0 aromatic heterocycles. The highest BCUT2D eigenvalue weighted by Crippen LogP contribution is 2.24. The largest absolute Gasteiger partial charge is 0.323 e. The van der Waals surface area contributed by atoms with Crippen molar-refractivity contribution in [3.8, 4) is 0 Å². The van der Waals surface area contributed by atoms with Gasteiger partial charge in [0.1, 0.15) is 17.5 Å². The third-order valence-corrected chi connectivity index (χ3v) is 3.52. The minimum atomic E-state index is -0.946. The standard InChI is InChI=1S/C17H18F3N/c1-10(2)12-5-3-11(4-6-12)7-16(21)17-14(19)8-13(18)9-15(17)20/h3-6,8-10,16H,7,21H2,1-2H3. The predicted octanol–water partition coefficient (Wildman–Crippen LogP) is 4.47. The topological polar surface area (TPSA) is 26.0 Å². The molecular weight excluding hydrogens is 275 g/mol. The van der Waals surface area contributed by atoms with Gasteiger partial charge in [0.2, 0.25) is 0 Å². The van der Waals surface area contributed by atoms with Gasteiger partial charge in [0.25, 0.3) is 0 Å². The fraction of sp³-hybridized carbons (Fsp3) is 0.294. The van der Waals surface area contributed by atoms with Gasteiger partial charge in [-0.15, -0.1) is 0 Å². The summed E-state index contributed by atoms with van der Waals surface area (Å²) in [5.74, 6) is -2.42. The quantitative estimate of drug-likeness (QED) is 0.884. The monoisotopic (exact) mass is 293 g/mol. The lowest BCUT2D eigenvalue weighted by atomic mass is 9.96. The van der Waals surface area contributed by atoms with Crippen molar-refractivity contribution in [1.82, 2.24) is 0 Å². The summed E-state index contributed by atoms with van der Waals surface area (Å²) in [7, 11) is 0. The molecular formula is C17H18F3N. The van der Waals surface area contributed by atoms with E-state index in [1.807, 2.05) is 24.3 Å². The lowest BCUT2D eigenvalue weighted by molar-refractivity contribution is 0.501. The molecule has 2 N–H and O–H groups in total. The summed E-state index contributed by atoms with van der Waals surface area (Å²) in [6.07, 6.45) is 0.290. The zero-order valence-corrected chi connectivity index (χ0v) is 12.0. The number of rotatable bonds is 4. The number of nitrogens with two attached hydrogens (primary N) is 1. The van der Waals surface area contributed by atoms with Crippen molar-refractivity contribution in [1.29, 1.82) is 0 Å². The van der Waals surface area contributed by atoms with E-state index in [1.165, 1.54) is 5.56 Å². The average molecular weight is 293 g/mol. The molecule has 0 spiro atoms. The van der Waals surface area contributed by atoms with Crippen LogP contribution in [0.3, 0.4) is 0 Å². The zero-order chi connectivity index (χ0) is 15.6. The highest BCUT2D eigenvalue weighted by molar-refractivity contribution is 5.29. The Morgan fingerprint density at radius 3 is 1.95 bits per heavy atom. The van der Waals surface area contributed by atoms with E-state index < -0.39 is 23.5 Å². The summed E-state index contributed by atoms with van der Waals surface area (Å²) in [4.78, 5) is 0. The minimum Gasteiger partial charge on any atom is -0.323 e. The molecule has 0 heterocycles. The summed E-state index contributed by atoms with van der Waals surface area (Å²) >= 11 is 0. The Morgan fingerprint density at radius 2 is 1.48 bits per heavy atom. The predicted molar refractivity (Wildman–Crippen MR) is 77.5 cm³/mol. The Bertz CT molecular complexity index is 597. The van der Waals surface area contributed by atoms with Crippen molar-refractivity contribution in [2.45, 2.75) is 32.2 Å². The van der Waals surface area contributed by atoms with Crippen LogP contribution in [0.25, 0.3) is 0 Å². The average Bonchev–Trinajstić information content (AvgIpc) is 2.37. The molecule has 0 radical (unpaired) electrons. The number of hydrogen-bond donors (Lipinski definition) is 1. The molecule has 0 aliphatic carbocycles. The molecule has 0 fully saturated rings. The fourth-order valence-corrected chi connectivity index (χ4v) is 2.30. The lowest BCUT2D eigenvalue weighted by Crippen LogP contribution is -2.17. The van der Waals surface area contributed by atoms with Crippen molar-refractivity contribution in [3.63, 3.8) is 0 Å². The van der Waals surface area contributed by atoms with Gasteiger partial charge < -0.3 is 5.73 Å². The normalized spacial score (nSPS) is 12.7. The van der Waals surface area contributed by atoms with E-state index in [4.69, 9.17) is 5.73 Å². The molecule has 0 saturated heterocycles. The van der Waals surface area contributed by atoms with Crippen LogP contribution in [-0.4, -0.2) is 0 Å². The molecule has 1 nitrogen and oxygen atoms in total. The SMILES string of the molecule is CC(C)c1ccc(CC(N)c2c(F)cc(F)cc2F)cc1. The first-order valence-corrected chi connectivity index (χ1v) is 6.87. The van der Waals surface area contributed by atoms with Crippen LogP contribution in [0, 0.1) is 17.5 Å². The van der Waals surface area contributed by atoms with Crippen LogP contribution in [0.4, 0.5) is 13.2 Å². The number of benzene rings is 2. The smallest absolute Gasteiger partial charge is 0.133 e. The van der Waals surface area contributed by atoms with E-state index in [9.17, 15) is 13.2 Å². The van der Waals surface area contributed by atoms with Crippen molar-refractivity contribution in [2.75, 3.05) is 0 Å². The maximum absolute atomic E-state index is 13.7. The third-order valence-electron chi connectivity index (χ3n) is 3.52. The molecule has 0 amide bonds. The second-order valence-electron chi connectivity index (χ2n) is 5.49. The summed E-state index contributed by atoms with van der Waals surface area (Å²) in [6, 6.07) is 8.20. The summed E-state index contributed by atoms with van der Waals surface area (Å²) in [5.41, 5.74) is 7.67. The summed E-state index contributed by atoms with van der Waals surface area (Å²) in [6.45, 7) is 4.17. The van der Waals surface area contributed by atoms with Crippen molar-refractivity contribution in [2.24, 2.45) is 5.73 Å². The van der Waals surface area contributed by atoms with Crippen LogP contribution in [0.1, 0.15) is 42.5 Å². The Hall–Kier alpha value is -1.81. The van der Waals surface area contributed by atoms with Crippen LogP contribution in [-0.2, 0) is 6.42 Å². The van der Waals surface area contributed by atoms with E-state index in [0.29, 0.717) is 18.1 Å². The maximum Gasteiger partial charge on any atom is 0.133 e.